The average molecular weight is 214 g/mol. The number of aliphatic hydroxyl groups is 1. The minimum atomic E-state index is 0.161. The summed E-state index contributed by atoms with van der Waals surface area (Å²) in [5.74, 6) is 0.263. The zero-order valence-electron chi connectivity index (χ0n) is 9.61. The van der Waals surface area contributed by atoms with Crippen LogP contribution in [0.4, 0.5) is 0 Å². The predicted octanol–water partition coefficient (Wildman–Crippen LogP) is 0.313. The summed E-state index contributed by atoms with van der Waals surface area (Å²) >= 11 is 0. The summed E-state index contributed by atoms with van der Waals surface area (Å²) in [6, 6.07) is 0. The predicted molar refractivity (Wildman–Crippen MR) is 59.6 cm³/mol. The van der Waals surface area contributed by atoms with Gasteiger partial charge in [0.1, 0.15) is 0 Å². The van der Waals surface area contributed by atoms with Crippen molar-refractivity contribution in [2.75, 3.05) is 39.8 Å². The molecule has 15 heavy (non-hydrogen) atoms. The van der Waals surface area contributed by atoms with Crippen LogP contribution in [0.2, 0.25) is 0 Å². The van der Waals surface area contributed by atoms with Gasteiger partial charge in [-0.3, -0.25) is 4.79 Å². The zero-order valence-corrected chi connectivity index (χ0v) is 9.61. The first-order valence-electron chi connectivity index (χ1n) is 5.81. The molecule has 0 bridgehead atoms. The maximum Gasteiger partial charge on any atom is 0.223 e. The molecule has 0 unspecified atom stereocenters. The van der Waals surface area contributed by atoms with Crippen LogP contribution in [0, 0.1) is 0 Å². The highest BCUT2D eigenvalue weighted by Crippen LogP contribution is 2.09. The number of aliphatic hydroxyl groups excluding tert-OH is 1. The third-order valence-corrected chi connectivity index (χ3v) is 2.90. The number of likely N-dealkylation sites (N-methyl/N-ethyl adjacent to an activating group) is 1. The van der Waals surface area contributed by atoms with Crippen molar-refractivity contribution in [3.8, 4) is 0 Å². The highest BCUT2D eigenvalue weighted by atomic mass is 16.3. The smallest absolute Gasteiger partial charge is 0.223 e. The number of carbonyl (C=O) groups excluding carboxylic acids is 1. The fourth-order valence-corrected chi connectivity index (χ4v) is 1.87. The van der Waals surface area contributed by atoms with Gasteiger partial charge in [0.2, 0.25) is 5.91 Å². The molecular weight excluding hydrogens is 192 g/mol. The second kappa shape index (κ2) is 6.80. The fourth-order valence-electron chi connectivity index (χ4n) is 1.87. The van der Waals surface area contributed by atoms with Crippen LogP contribution in [-0.2, 0) is 4.79 Å². The van der Waals surface area contributed by atoms with E-state index in [1.165, 1.54) is 6.42 Å². The molecule has 4 heteroatoms. The summed E-state index contributed by atoms with van der Waals surface area (Å²) < 4.78 is 0. The quantitative estimate of drug-likeness (QED) is 0.716. The maximum atomic E-state index is 11.7. The van der Waals surface area contributed by atoms with Crippen LogP contribution in [0.5, 0.6) is 0 Å². The first kappa shape index (κ1) is 12.5. The summed E-state index contributed by atoms with van der Waals surface area (Å²) in [6.07, 6.45) is 4.14. The Kier molecular flexibility index (Phi) is 5.65. The van der Waals surface area contributed by atoms with Crippen LogP contribution < -0.4 is 0 Å². The number of piperidine rings is 1. The van der Waals surface area contributed by atoms with Gasteiger partial charge in [0, 0.05) is 32.6 Å². The molecule has 0 radical (unpaired) electrons. The molecule has 0 atom stereocenters. The Balaban J connectivity index is 2.16. The van der Waals surface area contributed by atoms with Gasteiger partial charge in [0.25, 0.3) is 0 Å². The van der Waals surface area contributed by atoms with Gasteiger partial charge in [-0.25, -0.2) is 0 Å². The van der Waals surface area contributed by atoms with Crippen molar-refractivity contribution in [2.45, 2.75) is 25.7 Å². The molecule has 0 aromatic heterocycles. The van der Waals surface area contributed by atoms with Gasteiger partial charge in [-0.05, 0) is 26.3 Å². The largest absolute Gasteiger partial charge is 0.395 e. The maximum absolute atomic E-state index is 11.7. The van der Waals surface area contributed by atoms with Crippen molar-refractivity contribution in [2.24, 2.45) is 0 Å². The van der Waals surface area contributed by atoms with Gasteiger partial charge in [0.05, 0.1) is 6.61 Å². The van der Waals surface area contributed by atoms with E-state index >= 15 is 0 Å². The number of likely N-dealkylation sites (tertiary alicyclic amines) is 1. The lowest BCUT2D eigenvalue weighted by molar-refractivity contribution is -0.132. The normalized spacial score (nSPS) is 17.1. The number of rotatable bonds is 5. The van der Waals surface area contributed by atoms with E-state index in [0.29, 0.717) is 13.0 Å². The minimum Gasteiger partial charge on any atom is -0.395 e. The molecule has 1 amide bonds. The number of nitrogens with zero attached hydrogens (tertiary/aromatic N) is 2. The average Bonchev–Trinajstić information content (AvgIpc) is 2.27. The van der Waals surface area contributed by atoms with E-state index in [1.54, 1.807) is 0 Å². The van der Waals surface area contributed by atoms with Crippen molar-refractivity contribution >= 4 is 5.91 Å². The van der Waals surface area contributed by atoms with E-state index in [2.05, 4.69) is 0 Å². The van der Waals surface area contributed by atoms with Crippen LogP contribution in [0.3, 0.4) is 0 Å². The van der Waals surface area contributed by atoms with E-state index in [9.17, 15) is 4.79 Å². The lowest BCUT2D eigenvalue weighted by Gasteiger charge is -2.27. The summed E-state index contributed by atoms with van der Waals surface area (Å²) in [5.41, 5.74) is 0. The van der Waals surface area contributed by atoms with Gasteiger partial charge >= 0.3 is 0 Å². The summed E-state index contributed by atoms with van der Waals surface area (Å²) in [7, 11) is 1.93. The molecule has 1 rings (SSSR count). The van der Waals surface area contributed by atoms with Crippen LogP contribution in [0.15, 0.2) is 0 Å². The standard InChI is InChI=1S/C11H22N2O2/c1-12(9-10-14)8-5-11(15)13-6-3-2-4-7-13/h14H,2-10H2,1H3. The van der Waals surface area contributed by atoms with E-state index in [4.69, 9.17) is 5.11 Å². The zero-order chi connectivity index (χ0) is 11.1. The molecule has 0 aliphatic carbocycles. The van der Waals surface area contributed by atoms with E-state index < -0.39 is 0 Å². The lowest BCUT2D eigenvalue weighted by Crippen LogP contribution is -2.37. The molecule has 1 aliphatic rings. The monoisotopic (exact) mass is 214 g/mol. The third kappa shape index (κ3) is 4.62. The Bertz CT molecular complexity index is 191. The minimum absolute atomic E-state index is 0.161. The Morgan fingerprint density at radius 3 is 2.53 bits per heavy atom. The van der Waals surface area contributed by atoms with Crippen molar-refractivity contribution < 1.29 is 9.90 Å². The van der Waals surface area contributed by atoms with E-state index in [0.717, 1.165) is 32.5 Å². The van der Waals surface area contributed by atoms with Crippen molar-refractivity contribution in [3.05, 3.63) is 0 Å². The molecule has 4 nitrogen and oxygen atoms in total. The SMILES string of the molecule is CN(CCO)CCC(=O)N1CCCCC1. The molecule has 1 fully saturated rings. The fraction of sp³-hybridized carbons (Fsp3) is 0.909. The van der Waals surface area contributed by atoms with Crippen molar-refractivity contribution in [1.82, 2.24) is 9.80 Å². The molecule has 0 spiro atoms. The first-order chi connectivity index (χ1) is 7.24. The molecule has 0 aromatic carbocycles. The summed E-state index contributed by atoms with van der Waals surface area (Å²) in [6.45, 7) is 3.42. The molecule has 1 saturated heterocycles. The second-order valence-electron chi connectivity index (χ2n) is 4.22. The molecule has 1 heterocycles. The topological polar surface area (TPSA) is 43.8 Å². The number of amides is 1. The number of hydrogen-bond donors (Lipinski definition) is 1. The van der Waals surface area contributed by atoms with Crippen LogP contribution in [-0.4, -0.2) is 60.6 Å². The van der Waals surface area contributed by atoms with Gasteiger partial charge in [-0.1, -0.05) is 0 Å². The summed E-state index contributed by atoms with van der Waals surface area (Å²) in [4.78, 5) is 15.7. The van der Waals surface area contributed by atoms with Gasteiger partial charge < -0.3 is 14.9 Å². The van der Waals surface area contributed by atoms with Crippen LogP contribution >= 0.6 is 0 Å². The molecule has 1 N–H and O–H groups in total. The van der Waals surface area contributed by atoms with Crippen LogP contribution in [0.1, 0.15) is 25.7 Å². The van der Waals surface area contributed by atoms with Crippen molar-refractivity contribution in [1.29, 1.82) is 0 Å². The van der Waals surface area contributed by atoms with Crippen molar-refractivity contribution in [3.63, 3.8) is 0 Å². The summed E-state index contributed by atoms with van der Waals surface area (Å²) in [5, 5.41) is 8.71. The Labute approximate surface area is 91.9 Å². The molecule has 1 aliphatic heterocycles. The Morgan fingerprint density at radius 2 is 1.93 bits per heavy atom. The van der Waals surface area contributed by atoms with Gasteiger partial charge in [0.15, 0.2) is 0 Å². The number of carbonyl (C=O) groups is 1. The Morgan fingerprint density at radius 1 is 1.27 bits per heavy atom. The highest BCUT2D eigenvalue weighted by molar-refractivity contribution is 5.76. The first-order valence-corrected chi connectivity index (χ1v) is 5.81. The molecule has 0 saturated carbocycles. The van der Waals surface area contributed by atoms with E-state index in [-0.39, 0.29) is 12.5 Å². The molecule has 0 aromatic rings. The van der Waals surface area contributed by atoms with E-state index in [1.807, 2.05) is 16.8 Å². The number of hydrogen-bond acceptors (Lipinski definition) is 3. The molecular formula is C11H22N2O2. The highest BCUT2D eigenvalue weighted by Gasteiger charge is 2.16. The van der Waals surface area contributed by atoms with Gasteiger partial charge in [-0.15, -0.1) is 0 Å². The molecule has 88 valence electrons. The van der Waals surface area contributed by atoms with Crippen LogP contribution in [0.25, 0.3) is 0 Å². The Hall–Kier alpha value is -0.610. The third-order valence-electron chi connectivity index (χ3n) is 2.90. The van der Waals surface area contributed by atoms with Gasteiger partial charge in [-0.2, -0.15) is 0 Å². The second-order valence-corrected chi connectivity index (χ2v) is 4.22. The lowest BCUT2D eigenvalue weighted by atomic mass is 10.1.